The molecule has 0 unspecified atom stereocenters. The molecule has 0 atom stereocenters. The van der Waals surface area contributed by atoms with E-state index in [4.69, 9.17) is 4.74 Å². The number of ether oxygens (including phenoxy) is 1. The third kappa shape index (κ3) is 3.11. The van der Waals surface area contributed by atoms with Crippen molar-refractivity contribution in [2.45, 2.75) is 10.6 Å². The standard InChI is InChI=1S/C16H13BrFNO3S/c1-22-12-4-5-13-15(7-12)19-8-16(13)23(20,21)9-10-2-3-11(17)6-14(10)18/h2-8,19H,9H2,1H3. The predicted molar refractivity (Wildman–Crippen MR) is 89.8 cm³/mol. The molecule has 120 valence electrons. The molecule has 0 fully saturated rings. The van der Waals surface area contributed by atoms with Crippen LogP contribution in [0, 0.1) is 5.82 Å². The lowest BCUT2D eigenvalue weighted by molar-refractivity contribution is 0.415. The summed E-state index contributed by atoms with van der Waals surface area (Å²) in [5, 5.41) is 0.559. The summed E-state index contributed by atoms with van der Waals surface area (Å²) in [6.45, 7) is 0. The number of fused-ring (bicyclic) bond motifs is 1. The van der Waals surface area contributed by atoms with Crippen LogP contribution in [0.5, 0.6) is 5.75 Å². The largest absolute Gasteiger partial charge is 0.497 e. The van der Waals surface area contributed by atoms with E-state index in [2.05, 4.69) is 20.9 Å². The summed E-state index contributed by atoms with van der Waals surface area (Å²) in [4.78, 5) is 3.07. The minimum Gasteiger partial charge on any atom is -0.497 e. The molecule has 0 saturated heterocycles. The Hall–Kier alpha value is -1.86. The first-order chi connectivity index (χ1) is 10.9. The van der Waals surface area contributed by atoms with E-state index in [1.165, 1.54) is 25.4 Å². The van der Waals surface area contributed by atoms with Gasteiger partial charge in [0.05, 0.1) is 23.3 Å². The van der Waals surface area contributed by atoms with E-state index in [1.807, 2.05) is 0 Å². The number of hydrogen-bond acceptors (Lipinski definition) is 3. The van der Waals surface area contributed by atoms with Gasteiger partial charge in [0.1, 0.15) is 11.6 Å². The van der Waals surface area contributed by atoms with Gasteiger partial charge < -0.3 is 9.72 Å². The van der Waals surface area contributed by atoms with E-state index in [-0.39, 0.29) is 10.5 Å². The molecule has 23 heavy (non-hydrogen) atoms. The highest BCUT2D eigenvalue weighted by atomic mass is 79.9. The number of H-pyrrole nitrogens is 1. The molecule has 4 nitrogen and oxygen atoms in total. The van der Waals surface area contributed by atoms with Gasteiger partial charge in [0.2, 0.25) is 0 Å². The van der Waals surface area contributed by atoms with Crippen LogP contribution in [0.4, 0.5) is 4.39 Å². The Bertz CT molecular complexity index is 982. The van der Waals surface area contributed by atoms with Gasteiger partial charge in [-0.25, -0.2) is 12.8 Å². The molecule has 1 N–H and O–H groups in total. The minimum absolute atomic E-state index is 0.135. The lowest BCUT2D eigenvalue weighted by Gasteiger charge is -2.06. The fourth-order valence-corrected chi connectivity index (χ4v) is 4.27. The van der Waals surface area contributed by atoms with E-state index < -0.39 is 21.4 Å². The average molecular weight is 398 g/mol. The highest BCUT2D eigenvalue weighted by Gasteiger charge is 2.21. The number of aromatic amines is 1. The zero-order valence-electron chi connectivity index (χ0n) is 12.1. The summed E-state index contributed by atoms with van der Waals surface area (Å²) in [6.07, 6.45) is 1.43. The summed E-state index contributed by atoms with van der Waals surface area (Å²) >= 11 is 3.15. The maximum Gasteiger partial charge on any atom is 0.184 e. The first kappa shape index (κ1) is 16.0. The smallest absolute Gasteiger partial charge is 0.184 e. The quantitative estimate of drug-likeness (QED) is 0.722. The van der Waals surface area contributed by atoms with E-state index in [1.54, 1.807) is 24.3 Å². The molecule has 3 aromatic rings. The second-order valence-corrected chi connectivity index (χ2v) is 7.93. The lowest BCUT2D eigenvalue weighted by Crippen LogP contribution is -2.06. The van der Waals surface area contributed by atoms with Crippen molar-refractivity contribution in [3.05, 3.63) is 58.4 Å². The molecule has 0 aliphatic heterocycles. The predicted octanol–water partition coefficient (Wildman–Crippen LogP) is 4.05. The zero-order valence-corrected chi connectivity index (χ0v) is 14.5. The van der Waals surface area contributed by atoms with E-state index in [0.717, 1.165) is 0 Å². The number of hydrogen-bond donors (Lipinski definition) is 1. The Morgan fingerprint density at radius 2 is 2.00 bits per heavy atom. The molecular weight excluding hydrogens is 385 g/mol. The molecule has 3 rings (SSSR count). The molecule has 0 bridgehead atoms. The van der Waals surface area contributed by atoms with Crippen molar-refractivity contribution in [2.24, 2.45) is 0 Å². The number of halogens is 2. The maximum absolute atomic E-state index is 13.9. The summed E-state index contributed by atoms with van der Waals surface area (Å²) in [7, 11) is -2.14. The summed E-state index contributed by atoms with van der Waals surface area (Å²) in [5.41, 5.74) is 0.787. The third-order valence-corrected chi connectivity index (χ3v) is 5.74. The van der Waals surface area contributed by atoms with Gasteiger partial charge in [-0.15, -0.1) is 0 Å². The first-order valence-corrected chi connectivity index (χ1v) is 9.17. The van der Waals surface area contributed by atoms with Gasteiger partial charge in [-0.2, -0.15) is 0 Å². The molecule has 0 spiro atoms. The molecule has 0 saturated carbocycles. The Labute approximate surface area is 141 Å². The Balaban J connectivity index is 2.02. The van der Waals surface area contributed by atoms with E-state index >= 15 is 0 Å². The summed E-state index contributed by atoms with van der Waals surface area (Å²) < 4.78 is 44.9. The molecule has 1 heterocycles. The molecular formula is C16H13BrFNO3S. The van der Waals surface area contributed by atoms with Gasteiger partial charge >= 0.3 is 0 Å². The van der Waals surface area contributed by atoms with Gasteiger partial charge in [-0.1, -0.05) is 22.0 Å². The van der Waals surface area contributed by atoms with Crippen molar-refractivity contribution in [1.82, 2.24) is 4.98 Å². The molecule has 7 heteroatoms. The number of rotatable bonds is 4. The number of benzene rings is 2. The van der Waals surface area contributed by atoms with E-state index in [9.17, 15) is 12.8 Å². The van der Waals surface area contributed by atoms with Crippen molar-refractivity contribution in [1.29, 1.82) is 0 Å². The molecule has 1 aromatic heterocycles. The highest BCUT2D eigenvalue weighted by molar-refractivity contribution is 9.10. The van der Waals surface area contributed by atoms with Gasteiger partial charge in [-0.05, 0) is 24.3 Å². The Kier molecular flexibility index (Phi) is 4.16. The van der Waals surface area contributed by atoms with Crippen LogP contribution in [-0.4, -0.2) is 20.5 Å². The molecule has 0 amide bonds. The number of aromatic nitrogens is 1. The monoisotopic (exact) mass is 397 g/mol. The van der Waals surface area contributed by atoms with Crippen molar-refractivity contribution in [2.75, 3.05) is 7.11 Å². The molecule has 2 aromatic carbocycles. The molecule has 0 aliphatic rings. The van der Waals surface area contributed by atoms with Crippen molar-refractivity contribution >= 4 is 36.7 Å². The second-order valence-electron chi connectivity index (χ2n) is 5.06. The zero-order chi connectivity index (χ0) is 16.6. The van der Waals surface area contributed by atoms with Crippen molar-refractivity contribution in [3.63, 3.8) is 0 Å². The lowest BCUT2D eigenvalue weighted by atomic mass is 10.2. The molecule has 0 aliphatic carbocycles. The van der Waals surface area contributed by atoms with E-state index in [0.29, 0.717) is 21.1 Å². The second kappa shape index (κ2) is 5.98. The fraction of sp³-hybridized carbons (Fsp3) is 0.125. The van der Waals surface area contributed by atoms with Crippen LogP contribution in [0.1, 0.15) is 5.56 Å². The maximum atomic E-state index is 13.9. The van der Waals surface area contributed by atoms with Gasteiger partial charge in [0, 0.05) is 27.7 Å². The summed E-state index contributed by atoms with van der Waals surface area (Å²) in [5.74, 6) is -0.322. The normalized spacial score (nSPS) is 11.8. The van der Waals surface area contributed by atoms with Crippen LogP contribution in [-0.2, 0) is 15.6 Å². The summed E-state index contributed by atoms with van der Waals surface area (Å²) in [6, 6.07) is 9.42. The van der Waals surface area contributed by atoms with Crippen LogP contribution in [0.3, 0.4) is 0 Å². The van der Waals surface area contributed by atoms with Crippen LogP contribution < -0.4 is 4.74 Å². The van der Waals surface area contributed by atoms with Crippen molar-refractivity contribution < 1.29 is 17.5 Å². The van der Waals surface area contributed by atoms with Crippen LogP contribution in [0.15, 0.2) is 52.0 Å². The van der Waals surface area contributed by atoms with Crippen LogP contribution in [0.25, 0.3) is 10.9 Å². The topological polar surface area (TPSA) is 59.2 Å². The van der Waals surface area contributed by atoms with Crippen molar-refractivity contribution in [3.8, 4) is 5.75 Å². The highest BCUT2D eigenvalue weighted by Crippen LogP contribution is 2.29. The Morgan fingerprint density at radius 1 is 1.22 bits per heavy atom. The van der Waals surface area contributed by atoms with Crippen LogP contribution >= 0.6 is 15.9 Å². The minimum atomic E-state index is -3.68. The number of nitrogens with one attached hydrogen (secondary N) is 1. The van der Waals surface area contributed by atoms with Gasteiger partial charge in [0.15, 0.2) is 9.84 Å². The first-order valence-electron chi connectivity index (χ1n) is 6.72. The average Bonchev–Trinajstić information content (AvgIpc) is 2.93. The van der Waals surface area contributed by atoms with Gasteiger partial charge in [0.25, 0.3) is 0 Å². The SMILES string of the molecule is COc1ccc2c(S(=O)(=O)Cc3ccc(Br)cc3F)c[nH]c2c1. The van der Waals surface area contributed by atoms with Gasteiger partial charge in [-0.3, -0.25) is 0 Å². The number of sulfone groups is 1. The fourth-order valence-electron chi connectivity index (χ4n) is 2.38. The number of methoxy groups -OCH3 is 1. The Morgan fingerprint density at radius 3 is 2.70 bits per heavy atom. The van der Waals surface area contributed by atoms with Crippen LogP contribution in [0.2, 0.25) is 0 Å². The molecule has 0 radical (unpaired) electrons. The third-order valence-electron chi connectivity index (χ3n) is 3.55.